The summed E-state index contributed by atoms with van der Waals surface area (Å²) in [5.41, 5.74) is 6.38. The predicted molar refractivity (Wildman–Crippen MR) is 147 cm³/mol. The molecule has 2 aromatic rings. The predicted octanol–water partition coefficient (Wildman–Crippen LogP) is 2.50. The first-order chi connectivity index (χ1) is 18.9. The smallest absolute Gasteiger partial charge is 0.308 e. The third-order valence-electron chi connectivity index (χ3n) is 7.78. The maximum Gasteiger partial charge on any atom is 0.308 e. The van der Waals surface area contributed by atoms with Gasteiger partial charge in [-0.1, -0.05) is 25.5 Å². The molecule has 10 nitrogen and oxygen atoms in total. The van der Waals surface area contributed by atoms with E-state index in [0.717, 1.165) is 31.2 Å². The van der Waals surface area contributed by atoms with Crippen molar-refractivity contribution < 1.29 is 24.2 Å². The van der Waals surface area contributed by atoms with Gasteiger partial charge in [0.25, 0.3) is 0 Å². The number of likely N-dealkylation sites (tertiary alicyclic amines) is 1. The van der Waals surface area contributed by atoms with E-state index in [2.05, 4.69) is 6.92 Å². The molecule has 1 aromatic carbocycles. The minimum atomic E-state index is -0.913. The molecule has 4 rings (SSSR count). The van der Waals surface area contributed by atoms with E-state index >= 15 is 0 Å². The summed E-state index contributed by atoms with van der Waals surface area (Å²) in [7, 11) is 0. The van der Waals surface area contributed by atoms with E-state index in [1.54, 1.807) is 22.9 Å². The van der Waals surface area contributed by atoms with Crippen LogP contribution in [0.15, 0.2) is 47.4 Å². The van der Waals surface area contributed by atoms with Gasteiger partial charge in [-0.25, -0.2) is 0 Å². The average Bonchev–Trinajstić information content (AvgIpc) is 3.54. The topological polar surface area (TPSA) is 127 Å². The lowest BCUT2D eigenvalue weighted by molar-refractivity contribution is -0.144. The number of ether oxygens (including phenoxy) is 2. The van der Waals surface area contributed by atoms with E-state index < -0.39 is 17.9 Å². The van der Waals surface area contributed by atoms with Crippen LogP contribution in [-0.4, -0.2) is 76.9 Å². The Labute approximate surface area is 229 Å². The van der Waals surface area contributed by atoms with Crippen LogP contribution in [0.3, 0.4) is 0 Å². The SMILES string of the molecule is CCCCN(CCCCN)C(=O)CN1C[C@H](c2ccc3c(c2)OCO3)[C@@H](C(=O)O)[C@@H]1CCn1ccccc1=O. The second kappa shape index (κ2) is 13.6. The number of aromatic nitrogens is 1. The molecule has 0 spiro atoms. The molecule has 3 heterocycles. The highest BCUT2D eigenvalue weighted by molar-refractivity contribution is 5.79. The quantitative estimate of drug-likeness (QED) is 0.350. The first-order valence-corrected chi connectivity index (χ1v) is 13.9. The van der Waals surface area contributed by atoms with Gasteiger partial charge in [0.2, 0.25) is 18.3 Å². The molecule has 0 aliphatic carbocycles. The number of aryl methyl sites for hydroxylation is 1. The van der Waals surface area contributed by atoms with E-state index in [1.165, 1.54) is 6.07 Å². The van der Waals surface area contributed by atoms with Gasteiger partial charge < -0.3 is 29.8 Å². The van der Waals surface area contributed by atoms with Crippen LogP contribution in [0.1, 0.15) is 50.5 Å². The highest BCUT2D eigenvalue weighted by Gasteiger charge is 2.47. The molecule has 1 saturated heterocycles. The summed E-state index contributed by atoms with van der Waals surface area (Å²) >= 11 is 0. The second-order valence-electron chi connectivity index (χ2n) is 10.3. The summed E-state index contributed by atoms with van der Waals surface area (Å²) in [6.07, 6.45) is 5.71. The molecule has 2 aliphatic rings. The van der Waals surface area contributed by atoms with Crippen molar-refractivity contribution in [2.75, 3.05) is 39.5 Å². The number of hydrogen-bond donors (Lipinski definition) is 2. The molecule has 0 saturated carbocycles. The fraction of sp³-hybridized carbons (Fsp3) is 0.552. The molecule has 0 bridgehead atoms. The fourth-order valence-corrected chi connectivity index (χ4v) is 5.68. The number of carbonyl (C=O) groups excluding carboxylic acids is 1. The van der Waals surface area contributed by atoms with E-state index in [1.807, 2.05) is 28.0 Å². The number of nitrogens with two attached hydrogens (primary N) is 1. The number of benzene rings is 1. The zero-order valence-electron chi connectivity index (χ0n) is 22.7. The molecule has 2 aliphatic heterocycles. The Morgan fingerprint density at radius 3 is 2.64 bits per heavy atom. The Kier molecular flexibility index (Phi) is 10.00. The Morgan fingerprint density at radius 2 is 1.90 bits per heavy atom. The number of carboxylic acid groups (broad SMARTS) is 1. The summed E-state index contributed by atoms with van der Waals surface area (Å²) in [6.45, 7) is 5.04. The van der Waals surface area contributed by atoms with Crippen molar-refractivity contribution in [3.63, 3.8) is 0 Å². The van der Waals surface area contributed by atoms with Crippen molar-refractivity contribution in [2.24, 2.45) is 11.7 Å². The molecule has 1 aromatic heterocycles. The lowest BCUT2D eigenvalue weighted by Gasteiger charge is -2.30. The fourth-order valence-electron chi connectivity index (χ4n) is 5.68. The van der Waals surface area contributed by atoms with Gasteiger partial charge in [-0.2, -0.15) is 0 Å². The maximum atomic E-state index is 13.6. The number of carboxylic acids is 1. The van der Waals surface area contributed by atoms with Gasteiger partial charge >= 0.3 is 5.97 Å². The summed E-state index contributed by atoms with van der Waals surface area (Å²) in [6, 6.07) is 10.1. The summed E-state index contributed by atoms with van der Waals surface area (Å²) in [4.78, 5) is 42.5. The number of hydrogen-bond acceptors (Lipinski definition) is 7. The molecule has 3 N–H and O–H groups in total. The number of nitrogens with zero attached hydrogens (tertiary/aromatic N) is 3. The van der Waals surface area contributed by atoms with Crippen molar-refractivity contribution in [1.82, 2.24) is 14.4 Å². The van der Waals surface area contributed by atoms with Gasteiger partial charge in [0, 0.05) is 50.4 Å². The Bertz CT molecular complexity index is 1180. The second-order valence-corrected chi connectivity index (χ2v) is 10.3. The van der Waals surface area contributed by atoms with Crippen molar-refractivity contribution in [2.45, 2.75) is 57.5 Å². The van der Waals surface area contributed by atoms with Gasteiger partial charge in [0.05, 0.1) is 12.5 Å². The van der Waals surface area contributed by atoms with Gasteiger partial charge in [-0.15, -0.1) is 0 Å². The highest BCUT2D eigenvalue weighted by Crippen LogP contribution is 2.42. The van der Waals surface area contributed by atoms with Crippen LogP contribution in [0.4, 0.5) is 0 Å². The lowest BCUT2D eigenvalue weighted by atomic mass is 9.84. The van der Waals surface area contributed by atoms with Crippen LogP contribution in [0, 0.1) is 5.92 Å². The molecule has 0 unspecified atom stereocenters. The number of aliphatic carboxylic acids is 1. The van der Waals surface area contributed by atoms with Gasteiger partial charge in [0.1, 0.15) is 0 Å². The number of fused-ring (bicyclic) bond motifs is 1. The van der Waals surface area contributed by atoms with Crippen LogP contribution in [0.2, 0.25) is 0 Å². The highest BCUT2D eigenvalue weighted by atomic mass is 16.7. The Balaban J connectivity index is 1.59. The van der Waals surface area contributed by atoms with Crippen molar-refractivity contribution in [1.29, 1.82) is 0 Å². The van der Waals surface area contributed by atoms with Crippen LogP contribution in [-0.2, 0) is 16.1 Å². The third-order valence-corrected chi connectivity index (χ3v) is 7.78. The van der Waals surface area contributed by atoms with Gasteiger partial charge in [0.15, 0.2) is 11.5 Å². The van der Waals surface area contributed by atoms with Crippen LogP contribution in [0.5, 0.6) is 11.5 Å². The molecule has 0 radical (unpaired) electrons. The number of pyridine rings is 1. The van der Waals surface area contributed by atoms with Crippen LogP contribution < -0.4 is 20.8 Å². The zero-order valence-corrected chi connectivity index (χ0v) is 22.7. The van der Waals surface area contributed by atoms with Crippen molar-refractivity contribution in [3.05, 3.63) is 58.5 Å². The first kappa shape index (κ1) is 28.6. The van der Waals surface area contributed by atoms with E-state index in [0.29, 0.717) is 50.6 Å². The molecule has 1 amide bonds. The van der Waals surface area contributed by atoms with Gasteiger partial charge in [-0.3, -0.25) is 19.3 Å². The molecular formula is C29H40N4O6. The van der Waals surface area contributed by atoms with E-state index in [4.69, 9.17) is 15.2 Å². The normalized spacial score (nSPS) is 20.3. The monoisotopic (exact) mass is 540 g/mol. The number of amides is 1. The minimum Gasteiger partial charge on any atom is -0.481 e. The minimum absolute atomic E-state index is 0.00201. The van der Waals surface area contributed by atoms with Crippen LogP contribution in [0.25, 0.3) is 0 Å². The summed E-state index contributed by atoms with van der Waals surface area (Å²) < 4.78 is 12.6. The molecule has 39 heavy (non-hydrogen) atoms. The molecule has 10 heteroatoms. The average molecular weight is 541 g/mol. The summed E-state index contributed by atoms with van der Waals surface area (Å²) in [5, 5.41) is 10.4. The first-order valence-electron chi connectivity index (χ1n) is 13.9. The van der Waals surface area contributed by atoms with E-state index in [-0.39, 0.29) is 30.7 Å². The number of unbranched alkanes of at least 4 members (excludes halogenated alkanes) is 2. The number of carbonyl (C=O) groups is 2. The lowest BCUT2D eigenvalue weighted by Crippen LogP contribution is -2.45. The molecule has 3 atom stereocenters. The van der Waals surface area contributed by atoms with Crippen molar-refractivity contribution >= 4 is 11.9 Å². The molecular weight excluding hydrogens is 500 g/mol. The third kappa shape index (κ3) is 6.99. The Hall–Kier alpha value is -3.37. The Morgan fingerprint density at radius 1 is 1.10 bits per heavy atom. The number of rotatable bonds is 14. The maximum absolute atomic E-state index is 13.6. The van der Waals surface area contributed by atoms with E-state index in [9.17, 15) is 19.5 Å². The molecule has 212 valence electrons. The standard InChI is InChI=1S/C29H40N4O6/c1-2-3-13-31(15-7-5-12-30)27(35)19-33-18-22(21-9-10-24-25(17-21)39-20-38-24)28(29(36)37)23(33)11-16-32-14-6-4-8-26(32)34/h4,6,8-10,14,17,22-23,28H,2-3,5,7,11-13,15-16,18-20,30H2,1H3,(H,36,37)/t22-,23+,28-/m1/s1. The summed E-state index contributed by atoms with van der Waals surface area (Å²) in [5.74, 6) is -0.770. The molecule has 1 fully saturated rings. The zero-order chi connectivity index (χ0) is 27.8. The van der Waals surface area contributed by atoms with Crippen LogP contribution >= 0.6 is 0 Å². The van der Waals surface area contributed by atoms with Gasteiger partial charge in [-0.05, 0) is 56.0 Å². The largest absolute Gasteiger partial charge is 0.481 e. The van der Waals surface area contributed by atoms with Crippen molar-refractivity contribution in [3.8, 4) is 11.5 Å².